The molecule has 0 aliphatic heterocycles. The zero-order chi connectivity index (χ0) is 11.6. The van der Waals surface area contributed by atoms with Gasteiger partial charge < -0.3 is 10.6 Å². The van der Waals surface area contributed by atoms with Crippen LogP contribution in [0.4, 0.5) is 5.13 Å². The van der Waals surface area contributed by atoms with Crippen LogP contribution in [0.1, 0.15) is 38.6 Å². The van der Waals surface area contributed by atoms with Crippen LogP contribution in [0.3, 0.4) is 0 Å². The van der Waals surface area contributed by atoms with Gasteiger partial charge in [0.25, 0.3) is 0 Å². The summed E-state index contributed by atoms with van der Waals surface area (Å²) in [7, 11) is 2.09. The van der Waals surface area contributed by atoms with Crippen LogP contribution in [0.5, 0.6) is 0 Å². The molecule has 3 nitrogen and oxygen atoms in total. The van der Waals surface area contributed by atoms with E-state index in [4.69, 9.17) is 5.73 Å². The molecule has 2 atom stereocenters. The first-order valence-corrected chi connectivity index (χ1v) is 6.19. The van der Waals surface area contributed by atoms with E-state index < -0.39 is 0 Å². The fourth-order valence-corrected chi connectivity index (χ4v) is 2.19. The Morgan fingerprint density at radius 2 is 1.93 bits per heavy atom. The maximum Gasteiger partial charge on any atom is 0.185 e. The van der Waals surface area contributed by atoms with Gasteiger partial charge in [0, 0.05) is 30.2 Å². The Balaban J connectivity index is 2.78. The smallest absolute Gasteiger partial charge is 0.185 e. The number of nitrogens with zero attached hydrogens (tertiary/aromatic N) is 2. The first kappa shape index (κ1) is 12.5. The highest BCUT2D eigenvalue weighted by atomic mass is 32.1. The third-order valence-electron chi connectivity index (χ3n) is 2.84. The number of thiazole rings is 1. The van der Waals surface area contributed by atoms with E-state index in [2.05, 4.69) is 37.7 Å². The third-order valence-corrected chi connectivity index (χ3v) is 4.13. The lowest BCUT2D eigenvalue weighted by Crippen LogP contribution is -2.32. The predicted octanol–water partition coefficient (Wildman–Crippen LogP) is 2.64. The largest absolute Gasteiger partial charge is 0.348 e. The standard InChI is InChI=1S/C11H21N3S/c1-7(2)9(4)14(5)11-13-6-10(15-11)8(3)12/h6-9H,12H2,1-5H3. The van der Waals surface area contributed by atoms with Gasteiger partial charge in [0.1, 0.15) is 0 Å². The molecule has 0 fully saturated rings. The van der Waals surface area contributed by atoms with Crippen molar-refractivity contribution < 1.29 is 0 Å². The van der Waals surface area contributed by atoms with Crippen LogP contribution in [0, 0.1) is 5.92 Å². The molecular weight excluding hydrogens is 206 g/mol. The van der Waals surface area contributed by atoms with Crippen molar-refractivity contribution in [2.45, 2.75) is 39.8 Å². The van der Waals surface area contributed by atoms with Gasteiger partial charge in [-0.15, -0.1) is 11.3 Å². The van der Waals surface area contributed by atoms with Gasteiger partial charge >= 0.3 is 0 Å². The van der Waals surface area contributed by atoms with Crippen LogP contribution in [0.15, 0.2) is 6.20 Å². The summed E-state index contributed by atoms with van der Waals surface area (Å²) in [6, 6.07) is 0.580. The summed E-state index contributed by atoms with van der Waals surface area (Å²) in [5.74, 6) is 0.623. The van der Waals surface area contributed by atoms with E-state index in [1.54, 1.807) is 11.3 Å². The number of hydrogen-bond donors (Lipinski definition) is 1. The van der Waals surface area contributed by atoms with Crippen molar-refractivity contribution in [2.24, 2.45) is 11.7 Å². The molecule has 0 spiro atoms. The van der Waals surface area contributed by atoms with Crippen molar-refractivity contribution in [1.29, 1.82) is 0 Å². The summed E-state index contributed by atoms with van der Waals surface area (Å²) >= 11 is 1.68. The molecule has 0 radical (unpaired) electrons. The molecule has 2 unspecified atom stereocenters. The van der Waals surface area contributed by atoms with Crippen LogP contribution >= 0.6 is 11.3 Å². The zero-order valence-electron chi connectivity index (χ0n) is 10.2. The minimum Gasteiger partial charge on any atom is -0.348 e. The molecule has 0 aliphatic rings. The number of anilines is 1. The van der Waals surface area contributed by atoms with Gasteiger partial charge in [-0.05, 0) is 19.8 Å². The number of nitrogens with two attached hydrogens (primary N) is 1. The molecule has 0 saturated carbocycles. The second-order valence-electron chi connectivity index (χ2n) is 4.43. The van der Waals surface area contributed by atoms with Crippen molar-refractivity contribution >= 4 is 16.5 Å². The molecule has 4 heteroatoms. The Bertz CT molecular complexity index is 307. The molecule has 1 aromatic heterocycles. The van der Waals surface area contributed by atoms with Crippen LogP contribution < -0.4 is 10.6 Å². The van der Waals surface area contributed by atoms with E-state index >= 15 is 0 Å². The highest BCUT2D eigenvalue weighted by Crippen LogP contribution is 2.27. The molecule has 86 valence electrons. The summed E-state index contributed by atoms with van der Waals surface area (Å²) in [6.07, 6.45) is 1.88. The van der Waals surface area contributed by atoms with Gasteiger partial charge in [-0.25, -0.2) is 4.98 Å². The Kier molecular flexibility index (Phi) is 4.11. The highest BCUT2D eigenvalue weighted by Gasteiger charge is 2.17. The first-order chi connectivity index (χ1) is 6.93. The maximum absolute atomic E-state index is 5.81. The molecule has 0 bridgehead atoms. The highest BCUT2D eigenvalue weighted by molar-refractivity contribution is 7.15. The Hall–Kier alpha value is -0.610. The molecule has 0 aromatic carbocycles. The lowest BCUT2D eigenvalue weighted by Gasteiger charge is -2.27. The quantitative estimate of drug-likeness (QED) is 0.860. The summed E-state index contributed by atoms with van der Waals surface area (Å²) in [6.45, 7) is 8.66. The molecule has 1 heterocycles. The molecule has 0 amide bonds. The van der Waals surface area contributed by atoms with Gasteiger partial charge in [0.05, 0.1) is 0 Å². The Labute approximate surface area is 96.3 Å². The second kappa shape index (κ2) is 4.94. The minimum absolute atomic E-state index is 0.0824. The van der Waals surface area contributed by atoms with Gasteiger partial charge in [-0.1, -0.05) is 13.8 Å². The van der Waals surface area contributed by atoms with Gasteiger partial charge in [-0.3, -0.25) is 0 Å². The monoisotopic (exact) mass is 227 g/mol. The summed E-state index contributed by atoms with van der Waals surface area (Å²) in [4.78, 5) is 7.77. The van der Waals surface area contributed by atoms with E-state index in [0.717, 1.165) is 10.0 Å². The Morgan fingerprint density at radius 3 is 2.33 bits per heavy atom. The number of rotatable bonds is 4. The average Bonchev–Trinajstić information content (AvgIpc) is 2.64. The van der Waals surface area contributed by atoms with E-state index in [1.165, 1.54) is 0 Å². The van der Waals surface area contributed by atoms with Crippen molar-refractivity contribution in [2.75, 3.05) is 11.9 Å². The van der Waals surface area contributed by atoms with Gasteiger partial charge in [-0.2, -0.15) is 0 Å². The molecule has 0 aliphatic carbocycles. The average molecular weight is 227 g/mol. The second-order valence-corrected chi connectivity index (χ2v) is 5.47. The molecule has 1 rings (SSSR count). The fraction of sp³-hybridized carbons (Fsp3) is 0.727. The van der Waals surface area contributed by atoms with E-state index in [0.29, 0.717) is 12.0 Å². The summed E-state index contributed by atoms with van der Waals surface area (Å²) in [5, 5.41) is 1.06. The van der Waals surface area contributed by atoms with Gasteiger partial charge in [0.2, 0.25) is 0 Å². The van der Waals surface area contributed by atoms with Crippen molar-refractivity contribution in [1.82, 2.24) is 4.98 Å². The lowest BCUT2D eigenvalue weighted by atomic mass is 10.1. The third kappa shape index (κ3) is 2.92. The van der Waals surface area contributed by atoms with Crippen LogP contribution in [0.2, 0.25) is 0 Å². The first-order valence-electron chi connectivity index (χ1n) is 5.37. The van der Waals surface area contributed by atoms with Crippen molar-refractivity contribution in [3.05, 3.63) is 11.1 Å². The summed E-state index contributed by atoms with van der Waals surface area (Å²) in [5.41, 5.74) is 5.81. The molecule has 1 aromatic rings. The minimum atomic E-state index is 0.0824. The van der Waals surface area contributed by atoms with E-state index in [9.17, 15) is 0 Å². The van der Waals surface area contributed by atoms with Crippen molar-refractivity contribution in [3.8, 4) is 0 Å². The normalized spacial score (nSPS) is 15.4. The fourth-order valence-electron chi connectivity index (χ4n) is 1.27. The molecular formula is C11H21N3S. The summed E-state index contributed by atoms with van der Waals surface area (Å²) < 4.78 is 0. The number of hydrogen-bond acceptors (Lipinski definition) is 4. The van der Waals surface area contributed by atoms with Gasteiger partial charge in [0.15, 0.2) is 5.13 Å². The van der Waals surface area contributed by atoms with Crippen LogP contribution in [-0.2, 0) is 0 Å². The molecule has 0 saturated heterocycles. The number of aromatic nitrogens is 1. The topological polar surface area (TPSA) is 42.1 Å². The zero-order valence-corrected chi connectivity index (χ0v) is 11.0. The Morgan fingerprint density at radius 1 is 1.33 bits per heavy atom. The van der Waals surface area contributed by atoms with E-state index in [1.807, 2.05) is 13.1 Å². The van der Waals surface area contributed by atoms with Crippen molar-refractivity contribution in [3.63, 3.8) is 0 Å². The molecule has 15 heavy (non-hydrogen) atoms. The van der Waals surface area contributed by atoms with Crippen LogP contribution in [-0.4, -0.2) is 18.1 Å². The predicted molar refractivity (Wildman–Crippen MR) is 67.4 cm³/mol. The lowest BCUT2D eigenvalue weighted by molar-refractivity contribution is 0.505. The van der Waals surface area contributed by atoms with Crippen LogP contribution in [0.25, 0.3) is 0 Å². The molecule has 2 N–H and O–H groups in total. The SMILES string of the molecule is CC(N)c1cnc(N(C)C(C)C(C)C)s1. The van der Waals surface area contributed by atoms with E-state index in [-0.39, 0.29) is 6.04 Å². The maximum atomic E-state index is 5.81.